The lowest BCUT2D eigenvalue weighted by molar-refractivity contribution is 0.0924. The van der Waals surface area contributed by atoms with E-state index in [4.69, 9.17) is 9.26 Å². The second-order valence-electron chi connectivity index (χ2n) is 5.84. The number of ether oxygens (including phenoxy) is 1. The minimum atomic E-state index is -0.202. The lowest BCUT2D eigenvalue weighted by atomic mass is 9.98. The Bertz CT molecular complexity index is 685. The summed E-state index contributed by atoms with van der Waals surface area (Å²) in [4.78, 5) is 20.6. The smallest absolute Gasteiger partial charge is 0.254 e. The Labute approximate surface area is 140 Å². The molecule has 0 aliphatic carbocycles. The number of carbonyl (C=O) groups excluding carboxylic acids is 1. The van der Waals surface area contributed by atoms with Crippen LogP contribution in [0.2, 0.25) is 0 Å². The van der Waals surface area contributed by atoms with Crippen LogP contribution in [0.1, 0.15) is 28.7 Å². The van der Waals surface area contributed by atoms with E-state index in [0.717, 1.165) is 18.0 Å². The van der Waals surface area contributed by atoms with Gasteiger partial charge in [-0.2, -0.15) is 0 Å². The Hall–Kier alpha value is -2.48. The number of hydrogen-bond acceptors (Lipinski definition) is 7. The maximum absolute atomic E-state index is 12.4. The molecule has 0 spiro atoms. The fourth-order valence-electron chi connectivity index (χ4n) is 2.68. The predicted octanol–water partition coefficient (Wildman–Crippen LogP) is 1.19. The summed E-state index contributed by atoms with van der Waals surface area (Å²) in [6.45, 7) is 5.64. The fraction of sp³-hybridized carbons (Fsp3) is 0.500. The highest BCUT2D eigenvalue weighted by Gasteiger charge is 2.31. The summed E-state index contributed by atoms with van der Waals surface area (Å²) in [6.07, 6.45) is 3.72. The topological polar surface area (TPSA) is 102 Å². The number of aryl methyl sites for hydroxylation is 1. The summed E-state index contributed by atoms with van der Waals surface area (Å²) in [5.41, 5.74) is 1.28. The highest BCUT2D eigenvalue weighted by Crippen LogP contribution is 2.20. The maximum atomic E-state index is 12.4. The summed E-state index contributed by atoms with van der Waals surface area (Å²) >= 11 is 0. The Morgan fingerprint density at radius 2 is 2.12 bits per heavy atom. The monoisotopic (exact) mass is 331 g/mol. The van der Waals surface area contributed by atoms with Crippen molar-refractivity contribution in [3.63, 3.8) is 0 Å². The first-order chi connectivity index (χ1) is 11.7. The first kappa shape index (κ1) is 16.4. The largest absolute Gasteiger partial charge is 0.379 e. The van der Waals surface area contributed by atoms with Crippen LogP contribution in [0.3, 0.4) is 0 Å². The van der Waals surface area contributed by atoms with Gasteiger partial charge in [-0.05, 0) is 13.8 Å². The molecule has 128 valence electrons. The molecular formula is C16H21N5O3. The molecule has 2 N–H and O–H groups in total. The Kier molecular flexibility index (Phi) is 5.05. The highest BCUT2D eigenvalue weighted by molar-refractivity contribution is 5.93. The number of carbonyl (C=O) groups is 1. The van der Waals surface area contributed by atoms with Gasteiger partial charge in [-0.1, -0.05) is 5.16 Å². The molecule has 8 heteroatoms. The predicted molar refractivity (Wildman–Crippen MR) is 86.7 cm³/mol. The van der Waals surface area contributed by atoms with Gasteiger partial charge in [-0.15, -0.1) is 0 Å². The second kappa shape index (κ2) is 7.39. The lowest BCUT2D eigenvalue weighted by Crippen LogP contribution is -2.40. The van der Waals surface area contributed by atoms with E-state index in [1.165, 1.54) is 12.4 Å². The zero-order valence-corrected chi connectivity index (χ0v) is 13.8. The van der Waals surface area contributed by atoms with Gasteiger partial charge >= 0.3 is 0 Å². The van der Waals surface area contributed by atoms with Crippen LogP contribution in [0.15, 0.2) is 23.0 Å². The van der Waals surface area contributed by atoms with Crippen LogP contribution in [0.25, 0.3) is 0 Å². The standard InChI is InChI=1S/C16H21N5O3/c1-3-17-16-18-6-12(7-19-16)15(22)20-14-9-23-8-11(14)5-13-4-10(2)21-24-13/h4,6-7,11,14H,3,5,8-9H2,1-2H3,(H,20,22)(H,17,18,19)/t11-,14+/m1/s1. The van der Waals surface area contributed by atoms with Crippen molar-refractivity contribution in [2.75, 3.05) is 25.1 Å². The molecule has 0 bridgehead atoms. The number of nitrogens with zero attached hydrogens (tertiary/aromatic N) is 3. The molecule has 0 aromatic carbocycles. The Morgan fingerprint density at radius 1 is 1.33 bits per heavy atom. The third-order valence-corrected chi connectivity index (χ3v) is 3.90. The average molecular weight is 331 g/mol. The van der Waals surface area contributed by atoms with Crippen LogP contribution >= 0.6 is 0 Å². The third-order valence-electron chi connectivity index (χ3n) is 3.90. The molecule has 1 aliphatic rings. The Balaban J connectivity index is 1.60. The third kappa shape index (κ3) is 3.88. The van der Waals surface area contributed by atoms with Crippen LogP contribution in [0.4, 0.5) is 5.95 Å². The van der Waals surface area contributed by atoms with E-state index in [2.05, 4.69) is 25.8 Å². The number of anilines is 1. The molecule has 3 rings (SSSR count). The molecule has 0 unspecified atom stereocenters. The van der Waals surface area contributed by atoms with E-state index in [1.54, 1.807) is 0 Å². The van der Waals surface area contributed by atoms with E-state index >= 15 is 0 Å². The van der Waals surface area contributed by atoms with Crippen molar-refractivity contribution in [3.8, 4) is 0 Å². The minimum Gasteiger partial charge on any atom is -0.379 e. The van der Waals surface area contributed by atoms with Crippen molar-refractivity contribution < 1.29 is 14.1 Å². The fourth-order valence-corrected chi connectivity index (χ4v) is 2.68. The zero-order chi connectivity index (χ0) is 16.9. The molecule has 1 amide bonds. The number of aromatic nitrogens is 3. The second-order valence-corrected chi connectivity index (χ2v) is 5.84. The summed E-state index contributed by atoms with van der Waals surface area (Å²) in [6, 6.07) is 1.83. The van der Waals surface area contributed by atoms with Gasteiger partial charge in [-0.25, -0.2) is 9.97 Å². The van der Waals surface area contributed by atoms with Gasteiger partial charge < -0.3 is 19.9 Å². The van der Waals surface area contributed by atoms with Crippen molar-refractivity contribution in [2.45, 2.75) is 26.3 Å². The molecule has 2 aromatic heterocycles. The van der Waals surface area contributed by atoms with Gasteiger partial charge in [0, 0.05) is 37.3 Å². The number of rotatable bonds is 6. The van der Waals surface area contributed by atoms with Crippen LogP contribution in [0.5, 0.6) is 0 Å². The summed E-state index contributed by atoms with van der Waals surface area (Å²) in [5.74, 6) is 1.27. The quantitative estimate of drug-likeness (QED) is 0.819. The molecular weight excluding hydrogens is 310 g/mol. The van der Waals surface area contributed by atoms with Gasteiger partial charge in [0.25, 0.3) is 5.91 Å². The van der Waals surface area contributed by atoms with Crippen molar-refractivity contribution in [1.82, 2.24) is 20.4 Å². The van der Waals surface area contributed by atoms with Gasteiger partial charge in [-0.3, -0.25) is 4.79 Å². The maximum Gasteiger partial charge on any atom is 0.254 e. The summed E-state index contributed by atoms with van der Waals surface area (Å²) in [5, 5.41) is 9.88. The van der Waals surface area contributed by atoms with Crippen LogP contribution < -0.4 is 10.6 Å². The Morgan fingerprint density at radius 3 is 2.79 bits per heavy atom. The number of amides is 1. The van der Waals surface area contributed by atoms with E-state index in [0.29, 0.717) is 31.1 Å². The first-order valence-corrected chi connectivity index (χ1v) is 8.02. The lowest BCUT2D eigenvalue weighted by Gasteiger charge is -2.17. The molecule has 2 atom stereocenters. The van der Waals surface area contributed by atoms with Gasteiger partial charge in [0.05, 0.1) is 30.5 Å². The van der Waals surface area contributed by atoms with Crippen LogP contribution in [-0.4, -0.2) is 46.8 Å². The van der Waals surface area contributed by atoms with E-state index in [9.17, 15) is 4.79 Å². The van der Waals surface area contributed by atoms with E-state index < -0.39 is 0 Å². The molecule has 2 aromatic rings. The summed E-state index contributed by atoms with van der Waals surface area (Å²) < 4.78 is 10.8. The molecule has 1 saturated heterocycles. The van der Waals surface area contributed by atoms with Gasteiger partial charge in [0.15, 0.2) is 0 Å². The van der Waals surface area contributed by atoms with Gasteiger partial charge in [0.2, 0.25) is 5.95 Å². The van der Waals surface area contributed by atoms with E-state index in [-0.39, 0.29) is 17.9 Å². The van der Waals surface area contributed by atoms with Crippen molar-refractivity contribution in [3.05, 3.63) is 35.5 Å². The molecule has 3 heterocycles. The normalized spacial score (nSPS) is 20.1. The van der Waals surface area contributed by atoms with Crippen molar-refractivity contribution in [2.24, 2.45) is 5.92 Å². The van der Waals surface area contributed by atoms with Crippen molar-refractivity contribution in [1.29, 1.82) is 0 Å². The first-order valence-electron chi connectivity index (χ1n) is 8.02. The highest BCUT2D eigenvalue weighted by atomic mass is 16.5. The van der Waals surface area contributed by atoms with Crippen LogP contribution in [-0.2, 0) is 11.2 Å². The average Bonchev–Trinajstić information content (AvgIpc) is 3.18. The van der Waals surface area contributed by atoms with Gasteiger partial charge in [0.1, 0.15) is 5.76 Å². The minimum absolute atomic E-state index is 0.0728. The zero-order valence-electron chi connectivity index (χ0n) is 13.8. The SMILES string of the molecule is CCNc1ncc(C(=O)N[C@H]2COC[C@H]2Cc2cc(C)no2)cn1. The molecule has 8 nitrogen and oxygen atoms in total. The van der Waals surface area contributed by atoms with E-state index in [1.807, 2.05) is 19.9 Å². The van der Waals surface area contributed by atoms with Crippen LogP contribution in [0, 0.1) is 12.8 Å². The molecule has 1 fully saturated rings. The molecule has 0 saturated carbocycles. The molecule has 0 radical (unpaired) electrons. The molecule has 1 aliphatic heterocycles. The molecule has 24 heavy (non-hydrogen) atoms. The summed E-state index contributed by atoms with van der Waals surface area (Å²) in [7, 11) is 0. The number of nitrogens with one attached hydrogen (secondary N) is 2. The number of hydrogen-bond donors (Lipinski definition) is 2. The van der Waals surface area contributed by atoms with Crippen molar-refractivity contribution >= 4 is 11.9 Å².